The standard InChI is InChI=1S/C18H36N2O/c1-16(2)11-19-14-18(8-5-4-6-9-18)15-20-10-7-17(12-20)13-21-3/h16-17,19H,4-15H2,1-3H3. The van der Waals surface area contributed by atoms with E-state index in [2.05, 4.69) is 24.1 Å². The minimum atomic E-state index is 0.537. The second-order valence-corrected chi connectivity index (χ2v) is 7.93. The smallest absolute Gasteiger partial charge is 0.0503 e. The maximum atomic E-state index is 5.34. The highest BCUT2D eigenvalue weighted by molar-refractivity contribution is 4.90. The first kappa shape index (κ1) is 17.2. The van der Waals surface area contributed by atoms with Crippen LogP contribution in [0.4, 0.5) is 0 Å². The fourth-order valence-corrected chi connectivity index (χ4v) is 4.22. The summed E-state index contributed by atoms with van der Waals surface area (Å²) in [6.07, 6.45) is 8.46. The summed E-state index contributed by atoms with van der Waals surface area (Å²) >= 11 is 0. The molecular formula is C18H36N2O. The highest BCUT2D eigenvalue weighted by atomic mass is 16.5. The molecule has 1 aliphatic carbocycles. The molecule has 0 bridgehead atoms. The van der Waals surface area contributed by atoms with Crippen LogP contribution in [0.5, 0.6) is 0 Å². The molecule has 21 heavy (non-hydrogen) atoms. The molecule has 1 saturated carbocycles. The number of methoxy groups -OCH3 is 1. The molecular weight excluding hydrogens is 260 g/mol. The van der Waals surface area contributed by atoms with Crippen LogP contribution < -0.4 is 5.32 Å². The molecule has 0 radical (unpaired) electrons. The van der Waals surface area contributed by atoms with Gasteiger partial charge in [-0.3, -0.25) is 0 Å². The summed E-state index contributed by atoms with van der Waals surface area (Å²) in [4.78, 5) is 2.71. The Hall–Kier alpha value is -0.120. The molecule has 3 heteroatoms. The van der Waals surface area contributed by atoms with Crippen LogP contribution in [-0.4, -0.2) is 51.3 Å². The van der Waals surface area contributed by atoms with Crippen LogP contribution in [0.15, 0.2) is 0 Å². The fourth-order valence-electron chi connectivity index (χ4n) is 4.22. The van der Waals surface area contributed by atoms with Gasteiger partial charge in [-0.25, -0.2) is 0 Å². The molecule has 0 aromatic rings. The first-order chi connectivity index (χ1) is 10.1. The van der Waals surface area contributed by atoms with E-state index in [-0.39, 0.29) is 0 Å². The summed E-state index contributed by atoms with van der Waals surface area (Å²) in [5.41, 5.74) is 0.537. The Labute approximate surface area is 131 Å². The summed E-state index contributed by atoms with van der Waals surface area (Å²) in [6.45, 7) is 11.8. The highest BCUT2D eigenvalue weighted by Crippen LogP contribution is 2.37. The summed E-state index contributed by atoms with van der Waals surface area (Å²) in [5.74, 6) is 1.52. The van der Waals surface area contributed by atoms with Gasteiger partial charge in [0.1, 0.15) is 0 Å². The van der Waals surface area contributed by atoms with E-state index in [9.17, 15) is 0 Å². The van der Waals surface area contributed by atoms with E-state index in [0.717, 1.165) is 25.0 Å². The molecule has 1 aliphatic heterocycles. The average Bonchev–Trinajstić information content (AvgIpc) is 2.87. The Kier molecular flexibility index (Phi) is 6.97. The van der Waals surface area contributed by atoms with Gasteiger partial charge in [-0.1, -0.05) is 33.1 Å². The van der Waals surface area contributed by atoms with Crippen molar-refractivity contribution in [2.45, 2.75) is 52.4 Å². The lowest BCUT2D eigenvalue weighted by atomic mass is 9.73. The van der Waals surface area contributed by atoms with E-state index in [1.54, 1.807) is 0 Å². The van der Waals surface area contributed by atoms with Crippen LogP contribution in [0.25, 0.3) is 0 Å². The quantitative estimate of drug-likeness (QED) is 0.744. The molecule has 0 aromatic carbocycles. The lowest BCUT2D eigenvalue weighted by molar-refractivity contribution is 0.106. The molecule has 2 rings (SSSR count). The topological polar surface area (TPSA) is 24.5 Å². The lowest BCUT2D eigenvalue weighted by Gasteiger charge is -2.41. The first-order valence-corrected chi connectivity index (χ1v) is 9.05. The normalized spacial score (nSPS) is 26.6. The van der Waals surface area contributed by atoms with Gasteiger partial charge in [-0.05, 0) is 49.6 Å². The SMILES string of the molecule is COCC1CCN(CC2(CNCC(C)C)CCCCC2)C1. The van der Waals surface area contributed by atoms with Crippen molar-refractivity contribution >= 4 is 0 Å². The molecule has 124 valence electrons. The van der Waals surface area contributed by atoms with E-state index in [1.165, 1.54) is 64.7 Å². The van der Waals surface area contributed by atoms with Crippen molar-refractivity contribution in [3.63, 3.8) is 0 Å². The Morgan fingerprint density at radius 1 is 1.24 bits per heavy atom. The lowest BCUT2D eigenvalue weighted by Crippen LogP contribution is -2.45. The van der Waals surface area contributed by atoms with Crippen LogP contribution in [0.3, 0.4) is 0 Å². The molecule has 1 saturated heterocycles. The predicted octanol–water partition coefficient (Wildman–Crippen LogP) is 3.15. The van der Waals surface area contributed by atoms with Crippen LogP contribution in [0.1, 0.15) is 52.4 Å². The monoisotopic (exact) mass is 296 g/mol. The van der Waals surface area contributed by atoms with E-state index in [0.29, 0.717) is 5.41 Å². The van der Waals surface area contributed by atoms with Gasteiger partial charge in [0.25, 0.3) is 0 Å². The maximum absolute atomic E-state index is 5.34. The van der Waals surface area contributed by atoms with Gasteiger partial charge in [0.05, 0.1) is 6.61 Å². The van der Waals surface area contributed by atoms with Crippen LogP contribution in [-0.2, 0) is 4.74 Å². The molecule has 1 atom stereocenters. The van der Waals surface area contributed by atoms with Crippen molar-refractivity contribution in [1.82, 2.24) is 10.2 Å². The first-order valence-electron chi connectivity index (χ1n) is 9.05. The number of rotatable bonds is 8. The number of nitrogens with zero attached hydrogens (tertiary/aromatic N) is 1. The van der Waals surface area contributed by atoms with Gasteiger partial charge < -0.3 is 15.0 Å². The van der Waals surface area contributed by atoms with Crippen molar-refractivity contribution in [1.29, 1.82) is 0 Å². The molecule has 0 amide bonds. The fraction of sp³-hybridized carbons (Fsp3) is 1.00. The zero-order valence-electron chi connectivity index (χ0n) is 14.5. The third kappa shape index (κ3) is 5.54. The number of ether oxygens (including phenoxy) is 1. The Bertz CT molecular complexity index is 287. The van der Waals surface area contributed by atoms with Gasteiger partial charge in [0.15, 0.2) is 0 Å². The van der Waals surface area contributed by atoms with Gasteiger partial charge in [-0.2, -0.15) is 0 Å². The minimum Gasteiger partial charge on any atom is -0.384 e. The van der Waals surface area contributed by atoms with Crippen molar-refractivity contribution in [2.75, 3.05) is 46.4 Å². The van der Waals surface area contributed by atoms with Gasteiger partial charge in [-0.15, -0.1) is 0 Å². The third-order valence-electron chi connectivity index (χ3n) is 5.30. The molecule has 2 aliphatic rings. The van der Waals surface area contributed by atoms with E-state index >= 15 is 0 Å². The molecule has 1 unspecified atom stereocenters. The summed E-state index contributed by atoms with van der Waals surface area (Å²) in [7, 11) is 1.83. The summed E-state index contributed by atoms with van der Waals surface area (Å²) in [6, 6.07) is 0. The van der Waals surface area contributed by atoms with Crippen LogP contribution in [0, 0.1) is 17.3 Å². The Morgan fingerprint density at radius 3 is 2.67 bits per heavy atom. The molecule has 1 N–H and O–H groups in total. The average molecular weight is 296 g/mol. The van der Waals surface area contributed by atoms with E-state index in [4.69, 9.17) is 4.74 Å². The highest BCUT2D eigenvalue weighted by Gasteiger charge is 2.35. The van der Waals surface area contributed by atoms with Crippen molar-refractivity contribution in [3.05, 3.63) is 0 Å². The molecule has 1 heterocycles. The second-order valence-electron chi connectivity index (χ2n) is 7.93. The maximum Gasteiger partial charge on any atom is 0.0503 e. The molecule has 3 nitrogen and oxygen atoms in total. The van der Waals surface area contributed by atoms with E-state index in [1.807, 2.05) is 7.11 Å². The molecule has 2 fully saturated rings. The largest absolute Gasteiger partial charge is 0.384 e. The minimum absolute atomic E-state index is 0.537. The number of likely N-dealkylation sites (tertiary alicyclic amines) is 1. The summed E-state index contributed by atoms with van der Waals surface area (Å²) < 4.78 is 5.34. The number of nitrogens with one attached hydrogen (secondary N) is 1. The Morgan fingerprint density at radius 2 is 2.00 bits per heavy atom. The van der Waals surface area contributed by atoms with Crippen LogP contribution in [0.2, 0.25) is 0 Å². The summed E-state index contributed by atoms with van der Waals surface area (Å²) in [5, 5.41) is 3.75. The van der Waals surface area contributed by atoms with Gasteiger partial charge >= 0.3 is 0 Å². The predicted molar refractivity (Wildman–Crippen MR) is 89.6 cm³/mol. The zero-order valence-corrected chi connectivity index (χ0v) is 14.5. The van der Waals surface area contributed by atoms with Crippen LogP contribution >= 0.6 is 0 Å². The molecule has 0 aromatic heterocycles. The van der Waals surface area contributed by atoms with Crippen molar-refractivity contribution < 1.29 is 4.74 Å². The van der Waals surface area contributed by atoms with Gasteiger partial charge in [0.2, 0.25) is 0 Å². The van der Waals surface area contributed by atoms with Crippen molar-refractivity contribution in [3.8, 4) is 0 Å². The van der Waals surface area contributed by atoms with Crippen molar-refractivity contribution in [2.24, 2.45) is 17.3 Å². The Balaban J connectivity index is 1.84. The zero-order chi connectivity index (χ0) is 15.1. The van der Waals surface area contributed by atoms with Gasteiger partial charge in [0, 0.05) is 26.7 Å². The van der Waals surface area contributed by atoms with E-state index < -0.39 is 0 Å². The third-order valence-corrected chi connectivity index (χ3v) is 5.30. The number of hydrogen-bond acceptors (Lipinski definition) is 3. The second kappa shape index (κ2) is 8.50. The number of hydrogen-bond donors (Lipinski definition) is 1. The molecule has 0 spiro atoms.